The maximum Gasteiger partial charge on any atom is 0.408 e. The molecule has 3 amide bonds. The molecule has 37 heavy (non-hydrogen) atoms. The van der Waals surface area contributed by atoms with Crippen molar-refractivity contribution in [1.29, 1.82) is 0 Å². The highest BCUT2D eigenvalue weighted by Crippen LogP contribution is 2.39. The second-order valence-electron chi connectivity index (χ2n) is 8.84. The molecule has 0 saturated carbocycles. The van der Waals surface area contributed by atoms with Crippen LogP contribution in [0.5, 0.6) is 17.2 Å². The van der Waals surface area contributed by atoms with Crippen LogP contribution in [-0.2, 0) is 16.1 Å². The number of carbonyl (C=O) groups is 3. The topological polar surface area (TPSA) is 124 Å². The molecule has 0 aliphatic heterocycles. The standard InChI is InChI=1S/C27H37N3O7/c1-7-34-21-14-19(15-22(35-8-2)24(21)36-9-3)25(32)28-16-18-12-10-11-13-20(18)30-23(31)17-29-26(33)37-27(4,5)6/h10-15H,7-9,16-17H2,1-6H3,(H,28,32)(H,29,33)(H,30,31). The number of alkyl carbamates (subject to hydrolysis) is 1. The number of benzene rings is 2. The Hall–Kier alpha value is -3.95. The van der Waals surface area contributed by atoms with Crippen molar-refractivity contribution in [2.24, 2.45) is 0 Å². The van der Waals surface area contributed by atoms with Crippen LogP contribution in [-0.4, -0.2) is 49.9 Å². The molecule has 0 unspecified atom stereocenters. The van der Waals surface area contributed by atoms with Crippen LogP contribution in [0.25, 0.3) is 0 Å². The Kier molecular flexibility index (Phi) is 11.0. The molecule has 10 nitrogen and oxygen atoms in total. The van der Waals surface area contributed by atoms with Crippen LogP contribution in [0.3, 0.4) is 0 Å². The number of ether oxygens (including phenoxy) is 4. The summed E-state index contributed by atoms with van der Waals surface area (Å²) in [4.78, 5) is 37.2. The average Bonchev–Trinajstić information content (AvgIpc) is 2.83. The van der Waals surface area contributed by atoms with E-state index >= 15 is 0 Å². The molecule has 0 aliphatic rings. The molecule has 2 aromatic rings. The third-order valence-electron chi connectivity index (χ3n) is 4.69. The minimum Gasteiger partial charge on any atom is -0.490 e. The number of anilines is 1. The first kappa shape index (κ1) is 29.3. The highest BCUT2D eigenvalue weighted by molar-refractivity contribution is 5.96. The Labute approximate surface area is 218 Å². The highest BCUT2D eigenvalue weighted by atomic mass is 16.6. The molecule has 0 fully saturated rings. The molecule has 2 aromatic carbocycles. The Morgan fingerprint density at radius 1 is 0.838 bits per heavy atom. The minimum atomic E-state index is -0.684. The molecule has 3 N–H and O–H groups in total. The lowest BCUT2D eigenvalue weighted by Crippen LogP contribution is -2.37. The first-order valence-corrected chi connectivity index (χ1v) is 12.3. The molecule has 0 spiro atoms. The van der Waals surface area contributed by atoms with Crippen molar-refractivity contribution in [1.82, 2.24) is 10.6 Å². The Balaban J connectivity index is 2.09. The zero-order chi connectivity index (χ0) is 27.4. The van der Waals surface area contributed by atoms with Gasteiger partial charge in [-0.05, 0) is 65.3 Å². The number of rotatable bonds is 12. The summed E-state index contributed by atoms with van der Waals surface area (Å²) in [6.07, 6.45) is -0.684. The van der Waals surface area contributed by atoms with Gasteiger partial charge < -0.3 is 34.9 Å². The van der Waals surface area contributed by atoms with Gasteiger partial charge in [-0.25, -0.2) is 4.79 Å². The summed E-state index contributed by atoms with van der Waals surface area (Å²) < 4.78 is 22.2. The van der Waals surface area contributed by atoms with Crippen molar-refractivity contribution in [3.63, 3.8) is 0 Å². The van der Waals surface area contributed by atoms with Gasteiger partial charge in [0.05, 0.1) is 19.8 Å². The number of hydrogen-bond donors (Lipinski definition) is 3. The van der Waals surface area contributed by atoms with Crippen molar-refractivity contribution < 1.29 is 33.3 Å². The zero-order valence-electron chi connectivity index (χ0n) is 22.4. The van der Waals surface area contributed by atoms with Crippen molar-refractivity contribution in [3.8, 4) is 17.2 Å². The van der Waals surface area contributed by atoms with Gasteiger partial charge in [0.1, 0.15) is 12.1 Å². The lowest BCUT2D eigenvalue weighted by Gasteiger charge is -2.19. The molecule has 0 aromatic heterocycles. The molecular formula is C27H37N3O7. The van der Waals surface area contributed by atoms with E-state index < -0.39 is 17.6 Å². The molecule has 2 rings (SSSR count). The number of para-hydroxylation sites is 1. The fourth-order valence-corrected chi connectivity index (χ4v) is 3.25. The predicted octanol–water partition coefficient (Wildman–Crippen LogP) is 4.28. The van der Waals surface area contributed by atoms with E-state index in [2.05, 4.69) is 16.0 Å². The summed E-state index contributed by atoms with van der Waals surface area (Å²) in [5.74, 6) is 0.517. The van der Waals surface area contributed by atoms with Gasteiger partial charge >= 0.3 is 6.09 Å². The SMILES string of the molecule is CCOc1cc(C(=O)NCc2ccccc2NC(=O)CNC(=O)OC(C)(C)C)cc(OCC)c1OCC. The minimum absolute atomic E-state index is 0.149. The highest BCUT2D eigenvalue weighted by Gasteiger charge is 2.19. The van der Waals surface area contributed by atoms with E-state index in [1.165, 1.54) is 0 Å². The van der Waals surface area contributed by atoms with E-state index in [-0.39, 0.29) is 19.0 Å². The van der Waals surface area contributed by atoms with Gasteiger partial charge in [0.25, 0.3) is 5.91 Å². The van der Waals surface area contributed by atoms with E-state index in [1.54, 1.807) is 57.2 Å². The van der Waals surface area contributed by atoms with Gasteiger partial charge in [0.15, 0.2) is 11.5 Å². The largest absolute Gasteiger partial charge is 0.490 e. The van der Waals surface area contributed by atoms with E-state index in [9.17, 15) is 14.4 Å². The van der Waals surface area contributed by atoms with Crippen LogP contribution in [0.1, 0.15) is 57.5 Å². The summed E-state index contributed by atoms with van der Waals surface area (Å²) in [7, 11) is 0. The molecule has 0 bridgehead atoms. The van der Waals surface area contributed by atoms with Gasteiger partial charge in [0.2, 0.25) is 11.7 Å². The summed E-state index contributed by atoms with van der Waals surface area (Å²) in [5.41, 5.74) is 0.873. The lowest BCUT2D eigenvalue weighted by molar-refractivity contribution is -0.115. The van der Waals surface area contributed by atoms with Gasteiger partial charge in [-0.2, -0.15) is 0 Å². The number of hydrogen-bond acceptors (Lipinski definition) is 7. The molecule has 10 heteroatoms. The maximum atomic E-state index is 13.0. The monoisotopic (exact) mass is 515 g/mol. The van der Waals surface area contributed by atoms with Crippen LogP contribution in [0.2, 0.25) is 0 Å². The molecule has 0 saturated heterocycles. The quantitative estimate of drug-likeness (QED) is 0.385. The van der Waals surface area contributed by atoms with Crippen LogP contribution in [0.15, 0.2) is 36.4 Å². The van der Waals surface area contributed by atoms with Crippen LogP contribution >= 0.6 is 0 Å². The van der Waals surface area contributed by atoms with E-state index in [0.29, 0.717) is 53.9 Å². The predicted molar refractivity (Wildman–Crippen MR) is 140 cm³/mol. The zero-order valence-corrected chi connectivity index (χ0v) is 22.4. The Bertz CT molecular complexity index is 1050. The first-order chi connectivity index (χ1) is 17.6. The van der Waals surface area contributed by atoms with Crippen molar-refractivity contribution in [2.75, 3.05) is 31.7 Å². The fourth-order valence-electron chi connectivity index (χ4n) is 3.25. The van der Waals surface area contributed by atoms with Gasteiger partial charge in [-0.1, -0.05) is 18.2 Å². The van der Waals surface area contributed by atoms with E-state index in [4.69, 9.17) is 18.9 Å². The normalized spacial score (nSPS) is 10.8. The van der Waals surface area contributed by atoms with Gasteiger partial charge in [-0.3, -0.25) is 9.59 Å². The molecule has 0 radical (unpaired) electrons. The van der Waals surface area contributed by atoms with Crippen LogP contribution < -0.4 is 30.2 Å². The summed E-state index contributed by atoms with van der Waals surface area (Å²) in [5, 5.41) is 8.03. The smallest absolute Gasteiger partial charge is 0.408 e. The fraction of sp³-hybridized carbons (Fsp3) is 0.444. The van der Waals surface area contributed by atoms with Crippen molar-refractivity contribution >= 4 is 23.6 Å². The molecule has 0 atom stereocenters. The third kappa shape index (κ3) is 9.55. The second-order valence-corrected chi connectivity index (χ2v) is 8.84. The maximum absolute atomic E-state index is 13.0. The number of carbonyl (C=O) groups excluding carboxylic acids is 3. The molecule has 0 aliphatic carbocycles. The molecule has 0 heterocycles. The lowest BCUT2D eigenvalue weighted by atomic mass is 10.1. The van der Waals surface area contributed by atoms with Crippen LogP contribution in [0.4, 0.5) is 10.5 Å². The van der Waals surface area contributed by atoms with Gasteiger partial charge in [0, 0.05) is 17.8 Å². The summed E-state index contributed by atoms with van der Waals surface area (Å²) in [6, 6.07) is 10.3. The van der Waals surface area contributed by atoms with Crippen LogP contribution in [0, 0.1) is 0 Å². The van der Waals surface area contributed by atoms with E-state index in [0.717, 1.165) is 0 Å². The summed E-state index contributed by atoms with van der Waals surface area (Å²) in [6.45, 7) is 11.8. The Morgan fingerprint density at radius 2 is 1.43 bits per heavy atom. The summed E-state index contributed by atoms with van der Waals surface area (Å²) >= 11 is 0. The van der Waals surface area contributed by atoms with E-state index in [1.807, 2.05) is 20.8 Å². The van der Waals surface area contributed by atoms with Gasteiger partial charge in [-0.15, -0.1) is 0 Å². The molecular weight excluding hydrogens is 478 g/mol. The third-order valence-corrected chi connectivity index (χ3v) is 4.69. The molecule has 202 valence electrons. The Morgan fingerprint density at radius 3 is 2.00 bits per heavy atom. The van der Waals surface area contributed by atoms with Crippen molar-refractivity contribution in [3.05, 3.63) is 47.5 Å². The second kappa shape index (κ2) is 14.0. The number of nitrogens with one attached hydrogen (secondary N) is 3. The van der Waals surface area contributed by atoms with Crippen molar-refractivity contribution in [2.45, 2.75) is 53.7 Å². The number of amides is 3. The average molecular weight is 516 g/mol. The first-order valence-electron chi connectivity index (χ1n) is 12.3.